The maximum Gasteiger partial charge on any atom is 0.227 e. The van der Waals surface area contributed by atoms with E-state index in [0.717, 1.165) is 48.8 Å². The van der Waals surface area contributed by atoms with Gasteiger partial charge in [-0.05, 0) is 55.3 Å². The summed E-state index contributed by atoms with van der Waals surface area (Å²) in [6, 6.07) is 16.7. The molecule has 31 heavy (non-hydrogen) atoms. The van der Waals surface area contributed by atoms with Gasteiger partial charge in [0.1, 0.15) is 5.75 Å². The Morgan fingerprint density at radius 2 is 1.84 bits per heavy atom. The van der Waals surface area contributed by atoms with Crippen molar-refractivity contribution < 1.29 is 9.53 Å². The van der Waals surface area contributed by atoms with Crippen LogP contribution in [0.5, 0.6) is 5.75 Å². The Labute approximate surface area is 191 Å². The Balaban J connectivity index is 1.37. The lowest BCUT2D eigenvalue weighted by Crippen LogP contribution is -2.38. The summed E-state index contributed by atoms with van der Waals surface area (Å²) >= 11 is 12.1. The number of carbonyl (C=O) groups is 1. The molecule has 1 fully saturated rings. The SMILES string of the molecule is COc1ccccc1-c1ccc(N2CCC(C(=O)Nc3ccc(Cl)cc3Cl)CC2)nn1. The monoisotopic (exact) mass is 456 g/mol. The molecule has 2 heterocycles. The molecule has 0 unspecified atom stereocenters. The molecule has 0 atom stereocenters. The molecule has 4 rings (SSSR count). The quantitative estimate of drug-likeness (QED) is 0.562. The second-order valence-corrected chi connectivity index (χ2v) is 8.20. The fourth-order valence-electron chi connectivity index (χ4n) is 3.69. The van der Waals surface area contributed by atoms with Crippen molar-refractivity contribution in [3.05, 3.63) is 64.6 Å². The van der Waals surface area contributed by atoms with E-state index < -0.39 is 0 Å². The fourth-order valence-corrected chi connectivity index (χ4v) is 4.15. The molecule has 1 aliphatic rings. The van der Waals surface area contributed by atoms with Gasteiger partial charge in [-0.1, -0.05) is 35.3 Å². The normalized spacial score (nSPS) is 14.4. The van der Waals surface area contributed by atoms with E-state index in [0.29, 0.717) is 15.7 Å². The van der Waals surface area contributed by atoms with Crippen molar-refractivity contribution >= 4 is 40.6 Å². The molecule has 0 spiro atoms. The summed E-state index contributed by atoms with van der Waals surface area (Å²) in [6.45, 7) is 1.46. The first-order chi connectivity index (χ1) is 15.0. The van der Waals surface area contributed by atoms with Crippen LogP contribution in [0.3, 0.4) is 0 Å². The van der Waals surface area contributed by atoms with Crippen LogP contribution < -0.4 is 15.0 Å². The number of para-hydroxylation sites is 1. The van der Waals surface area contributed by atoms with Crippen molar-refractivity contribution in [1.29, 1.82) is 0 Å². The number of aromatic nitrogens is 2. The van der Waals surface area contributed by atoms with Gasteiger partial charge in [-0.2, -0.15) is 0 Å². The molecule has 1 amide bonds. The number of ether oxygens (including phenoxy) is 1. The second-order valence-electron chi connectivity index (χ2n) is 7.35. The van der Waals surface area contributed by atoms with Crippen LogP contribution in [0, 0.1) is 5.92 Å². The molecule has 2 aromatic carbocycles. The predicted octanol–water partition coefficient (Wildman–Crippen LogP) is 5.31. The van der Waals surface area contributed by atoms with E-state index in [-0.39, 0.29) is 11.8 Å². The van der Waals surface area contributed by atoms with Gasteiger partial charge in [0.25, 0.3) is 0 Å². The van der Waals surface area contributed by atoms with Crippen molar-refractivity contribution in [3.8, 4) is 17.0 Å². The van der Waals surface area contributed by atoms with Gasteiger partial charge in [0.15, 0.2) is 5.82 Å². The number of carbonyl (C=O) groups excluding carboxylic acids is 1. The topological polar surface area (TPSA) is 67.3 Å². The summed E-state index contributed by atoms with van der Waals surface area (Å²) in [5.74, 6) is 1.46. The lowest BCUT2D eigenvalue weighted by molar-refractivity contribution is -0.120. The molecule has 8 heteroatoms. The third kappa shape index (κ3) is 4.92. The van der Waals surface area contributed by atoms with Gasteiger partial charge >= 0.3 is 0 Å². The summed E-state index contributed by atoms with van der Waals surface area (Å²) in [5, 5.41) is 12.7. The molecule has 6 nitrogen and oxygen atoms in total. The van der Waals surface area contributed by atoms with E-state index in [9.17, 15) is 4.79 Å². The number of nitrogens with one attached hydrogen (secondary N) is 1. The molecule has 1 aliphatic heterocycles. The summed E-state index contributed by atoms with van der Waals surface area (Å²) in [5.41, 5.74) is 2.24. The average molecular weight is 457 g/mol. The Morgan fingerprint density at radius 3 is 2.52 bits per heavy atom. The van der Waals surface area contributed by atoms with Gasteiger partial charge in [-0.25, -0.2) is 0 Å². The fraction of sp³-hybridized carbons (Fsp3) is 0.261. The van der Waals surface area contributed by atoms with Crippen LogP contribution in [0.1, 0.15) is 12.8 Å². The summed E-state index contributed by atoms with van der Waals surface area (Å²) < 4.78 is 5.41. The van der Waals surface area contributed by atoms with Crippen molar-refractivity contribution in [2.45, 2.75) is 12.8 Å². The molecule has 1 saturated heterocycles. The number of amides is 1. The largest absolute Gasteiger partial charge is 0.496 e. The van der Waals surface area contributed by atoms with Gasteiger partial charge in [-0.15, -0.1) is 10.2 Å². The molecular weight excluding hydrogens is 435 g/mol. The minimum Gasteiger partial charge on any atom is -0.496 e. The van der Waals surface area contributed by atoms with Crippen molar-refractivity contribution in [2.75, 3.05) is 30.4 Å². The maximum absolute atomic E-state index is 12.6. The van der Waals surface area contributed by atoms with E-state index in [1.165, 1.54) is 0 Å². The van der Waals surface area contributed by atoms with Gasteiger partial charge in [0, 0.05) is 29.6 Å². The first-order valence-electron chi connectivity index (χ1n) is 10.0. The third-order valence-electron chi connectivity index (χ3n) is 5.41. The van der Waals surface area contributed by atoms with E-state index >= 15 is 0 Å². The number of anilines is 2. The number of rotatable bonds is 5. The average Bonchev–Trinajstić information content (AvgIpc) is 2.81. The molecule has 0 saturated carbocycles. The van der Waals surface area contributed by atoms with E-state index in [4.69, 9.17) is 27.9 Å². The summed E-state index contributed by atoms with van der Waals surface area (Å²) in [4.78, 5) is 14.8. The molecule has 3 aromatic rings. The number of hydrogen-bond acceptors (Lipinski definition) is 5. The highest BCUT2D eigenvalue weighted by Crippen LogP contribution is 2.30. The molecule has 0 bridgehead atoms. The zero-order chi connectivity index (χ0) is 21.8. The van der Waals surface area contributed by atoms with Crippen LogP contribution in [-0.4, -0.2) is 36.3 Å². The number of halogens is 2. The maximum atomic E-state index is 12.6. The Hall–Kier alpha value is -2.83. The van der Waals surface area contributed by atoms with E-state index in [2.05, 4.69) is 20.4 Å². The minimum absolute atomic E-state index is 0.0264. The zero-order valence-electron chi connectivity index (χ0n) is 17.0. The lowest BCUT2D eigenvalue weighted by atomic mass is 9.95. The van der Waals surface area contributed by atoms with Crippen LogP contribution in [0.15, 0.2) is 54.6 Å². The lowest BCUT2D eigenvalue weighted by Gasteiger charge is -2.31. The number of piperidine rings is 1. The van der Waals surface area contributed by atoms with E-state index in [1.807, 2.05) is 36.4 Å². The molecule has 0 aliphatic carbocycles. The highest BCUT2D eigenvalue weighted by molar-refractivity contribution is 6.36. The van der Waals surface area contributed by atoms with Crippen LogP contribution in [0.2, 0.25) is 10.0 Å². The van der Waals surface area contributed by atoms with Gasteiger partial charge in [0.2, 0.25) is 5.91 Å². The molecular formula is C23H22Cl2N4O2. The van der Waals surface area contributed by atoms with Crippen molar-refractivity contribution in [1.82, 2.24) is 10.2 Å². The van der Waals surface area contributed by atoms with E-state index in [1.54, 1.807) is 25.3 Å². The summed E-state index contributed by atoms with van der Waals surface area (Å²) in [7, 11) is 1.64. The number of nitrogens with zero attached hydrogens (tertiary/aromatic N) is 3. The first kappa shape index (κ1) is 21.4. The van der Waals surface area contributed by atoms with Gasteiger partial charge in [0.05, 0.1) is 23.5 Å². The molecule has 0 radical (unpaired) electrons. The molecule has 1 aromatic heterocycles. The predicted molar refractivity (Wildman–Crippen MR) is 124 cm³/mol. The second kappa shape index (κ2) is 9.54. The zero-order valence-corrected chi connectivity index (χ0v) is 18.5. The number of methoxy groups -OCH3 is 1. The standard InChI is InChI=1S/C23H22Cl2N4O2/c1-31-21-5-3-2-4-17(21)19-8-9-22(28-27-19)29-12-10-15(11-13-29)23(30)26-20-7-6-16(24)14-18(20)25/h2-9,14-15H,10-13H2,1H3,(H,26,30). The Bertz CT molecular complexity index is 1070. The molecule has 160 valence electrons. The number of hydrogen-bond donors (Lipinski definition) is 1. The van der Waals surface area contributed by atoms with Gasteiger partial charge < -0.3 is 15.0 Å². The summed E-state index contributed by atoms with van der Waals surface area (Å²) in [6.07, 6.45) is 1.46. The highest BCUT2D eigenvalue weighted by Gasteiger charge is 2.26. The smallest absolute Gasteiger partial charge is 0.227 e. The first-order valence-corrected chi connectivity index (χ1v) is 10.8. The molecule has 1 N–H and O–H groups in total. The minimum atomic E-state index is -0.0798. The van der Waals surface area contributed by atoms with Crippen molar-refractivity contribution in [3.63, 3.8) is 0 Å². The van der Waals surface area contributed by atoms with Gasteiger partial charge in [-0.3, -0.25) is 4.79 Å². The number of benzene rings is 2. The van der Waals surface area contributed by atoms with Crippen molar-refractivity contribution in [2.24, 2.45) is 5.92 Å². The van der Waals surface area contributed by atoms with Crippen LogP contribution in [-0.2, 0) is 4.79 Å². The highest BCUT2D eigenvalue weighted by atomic mass is 35.5. The van der Waals surface area contributed by atoms with Crippen LogP contribution in [0.4, 0.5) is 11.5 Å². The van der Waals surface area contributed by atoms with Crippen LogP contribution >= 0.6 is 23.2 Å². The third-order valence-corrected chi connectivity index (χ3v) is 5.96. The van der Waals surface area contributed by atoms with Crippen LogP contribution in [0.25, 0.3) is 11.3 Å². The Kier molecular flexibility index (Phi) is 6.59. The Morgan fingerprint density at radius 1 is 1.06 bits per heavy atom.